The molecule has 4 heterocycles. The number of hydrogen-bond acceptors (Lipinski definition) is 7. The summed E-state index contributed by atoms with van der Waals surface area (Å²) in [4.78, 5) is 49.3. The highest BCUT2D eigenvalue weighted by molar-refractivity contribution is 5.97. The number of rotatable bonds is 11. The number of aromatic amines is 2. The van der Waals surface area contributed by atoms with Crippen LogP contribution in [0.4, 0.5) is 0 Å². The van der Waals surface area contributed by atoms with Crippen LogP contribution in [0.1, 0.15) is 40.5 Å². The highest BCUT2D eigenvalue weighted by Gasteiger charge is 2.39. The van der Waals surface area contributed by atoms with Crippen molar-refractivity contribution in [3.8, 4) is 11.5 Å². The van der Waals surface area contributed by atoms with E-state index < -0.39 is 29.7 Å². The van der Waals surface area contributed by atoms with Gasteiger partial charge in [0.2, 0.25) is 0 Å². The molecule has 6 aromatic rings. The highest BCUT2D eigenvalue weighted by Crippen LogP contribution is 2.40. The van der Waals surface area contributed by atoms with Crippen molar-refractivity contribution in [1.82, 2.24) is 19.9 Å². The molecule has 0 bridgehead atoms. The van der Waals surface area contributed by atoms with Crippen molar-refractivity contribution in [3.05, 3.63) is 120 Å². The molecule has 2 aromatic carbocycles. The smallest absolute Gasteiger partial charge is 0.318 e. The van der Waals surface area contributed by atoms with Crippen LogP contribution >= 0.6 is 0 Å². The molecule has 12 nitrogen and oxygen atoms in total. The van der Waals surface area contributed by atoms with Gasteiger partial charge in [0, 0.05) is 36.6 Å². The zero-order chi connectivity index (χ0) is 33.5. The molecular formula is C35H32N4O8. The van der Waals surface area contributed by atoms with Gasteiger partial charge in [0.05, 0.1) is 31.4 Å². The molecule has 47 heavy (non-hydrogen) atoms. The number of nitrogens with one attached hydrogen (secondary N) is 2. The average Bonchev–Trinajstić information content (AvgIpc) is 3.71. The second-order valence-corrected chi connectivity index (χ2v) is 10.6. The van der Waals surface area contributed by atoms with Crippen LogP contribution < -0.4 is 9.47 Å². The minimum atomic E-state index is -1.65. The molecule has 0 aliphatic rings. The van der Waals surface area contributed by atoms with Gasteiger partial charge in [-0.15, -0.1) is 0 Å². The maximum Gasteiger partial charge on any atom is 0.318 e. The molecule has 0 spiro atoms. The normalized spacial score (nSPS) is 12.2. The summed E-state index contributed by atoms with van der Waals surface area (Å²) < 4.78 is 10.8. The zero-order valence-corrected chi connectivity index (χ0v) is 25.5. The number of H-pyrrole nitrogens is 2. The molecule has 0 amide bonds. The molecular weight excluding hydrogens is 604 g/mol. The van der Waals surface area contributed by atoms with Gasteiger partial charge in [-0.25, -0.2) is 9.97 Å². The SMILES string of the molecule is COc1ccnc2[nH]cc(C(CC(=O)O)c3ccccc3)c12.COc1ccnc2[nH]cc(C(c3ccccc3)C(C(=O)O)C(=O)O)c12. The van der Waals surface area contributed by atoms with Gasteiger partial charge in [0.25, 0.3) is 0 Å². The minimum Gasteiger partial charge on any atom is -0.496 e. The van der Waals surface area contributed by atoms with E-state index in [2.05, 4.69) is 19.9 Å². The Bertz CT molecular complexity index is 1990. The number of aromatic nitrogens is 4. The summed E-state index contributed by atoms with van der Waals surface area (Å²) in [7, 11) is 3.09. The van der Waals surface area contributed by atoms with E-state index in [1.54, 1.807) is 68.2 Å². The second-order valence-electron chi connectivity index (χ2n) is 10.6. The molecule has 0 aliphatic carbocycles. The van der Waals surface area contributed by atoms with Gasteiger partial charge < -0.3 is 34.8 Å². The molecule has 6 rings (SSSR count). The summed E-state index contributed by atoms with van der Waals surface area (Å²) >= 11 is 0. The van der Waals surface area contributed by atoms with Crippen molar-refractivity contribution in [2.75, 3.05) is 14.2 Å². The summed E-state index contributed by atoms with van der Waals surface area (Å²) in [5, 5.41) is 29.8. The number of benzene rings is 2. The fraction of sp³-hybridized carbons (Fsp3) is 0.171. The van der Waals surface area contributed by atoms with E-state index in [1.807, 2.05) is 36.5 Å². The number of nitrogens with zero attached hydrogens (tertiary/aromatic N) is 2. The third kappa shape index (κ3) is 6.76. The highest BCUT2D eigenvalue weighted by atomic mass is 16.5. The zero-order valence-electron chi connectivity index (χ0n) is 25.5. The number of methoxy groups -OCH3 is 2. The lowest BCUT2D eigenvalue weighted by molar-refractivity contribution is -0.155. The van der Waals surface area contributed by atoms with E-state index in [0.717, 1.165) is 16.5 Å². The summed E-state index contributed by atoms with van der Waals surface area (Å²) in [6.45, 7) is 0. The van der Waals surface area contributed by atoms with Crippen LogP contribution in [0.15, 0.2) is 97.6 Å². The molecule has 0 saturated heterocycles. The quantitative estimate of drug-likeness (QED) is 0.111. The Balaban J connectivity index is 0.000000186. The van der Waals surface area contributed by atoms with Gasteiger partial charge in [0.15, 0.2) is 5.92 Å². The lowest BCUT2D eigenvalue weighted by Crippen LogP contribution is -2.30. The average molecular weight is 637 g/mol. The molecule has 0 saturated carbocycles. The van der Waals surface area contributed by atoms with Crippen LogP contribution in [0.25, 0.3) is 22.1 Å². The first kappa shape index (κ1) is 32.2. The second kappa shape index (κ2) is 14.3. The van der Waals surface area contributed by atoms with Crippen LogP contribution in [0.3, 0.4) is 0 Å². The Labute approximate surface area is 268 Å². The summed E-state index contributed by atoms with van der Waals surface area (Å²) in [6.07, 6.45) is 6.65. The number of ether oxygens (including phenoxy) is 2. The van der Waals surface area contributed by atoms with Gasteiger partial charge in [-0.1, -0.05) is 60.7 Å². The van der Waals surface area contributed by atoms with Crippen molar-refractivity contribution in [1.29, 1.82) is 0 Å². The molecule has 12 heteroatoms. The molecule has 0 radical (unpaired) electrons. The maximum atomic E-state index is 11.7. The first-order valence-electron chi connectivity index (χ1n) is 14.5. The van der Waals surface area contributed by atoms with Crippen molar-refractivity contribution in [3.63, 3.8) is 0 Å². The van der Waals surface area contributed by atoms with Crippen molar-refractivity contribution in [2.45, 2.75) is 18.3 Å². The van der Waals surface area contributed by atoms with Gasteiger partial charge in [-0.05, 0) is 34.4 Å². The predicted molar refractivity (Wildman–Crippen MR) is 173 cm³/mol. The Morgan fingerprint density at radius 2 is 1.15 bits per heavy atom. The third-order valence-electron chi connectivity index (χ3n) is 7.89. The number of hydrogen-bond donors (Lipinski definition) is 5. The molecule has 2 unspecified atom stereocenters. The monoisotopic (exact) mass is 636 g/mol. The summed E-state index contributed by atoms with van der Waals surface area (Å²) in [6, 6.07) is 21.7. The Morgan fingerprint density at radius 1 is 0.681 bits per heavy atom. The first-order chi connectivity index (χ1) is 22.7. The minimum absolute atomic E-state index is 0.00894. The molecule has 0 fully saturated rings. The van der Waals surface area contributed by atoms with Gasteiger partial charge in [0.1, 0.15) is 22.8 Å². The predicted octanol–water partition coefficient (Wildman–Crippen LogP) is 5.67. The maximum absolute atomic E-state index is 11.7. The van der Waals surface area contributed by atoms with E-state index >= 15 is 0 Å². The number of fused-ring (bicyclic) bond motifs is 2. The summed E-state index contributed by atoms with van der Waals surface area (Å²) in [5.41, 5.74) is 4.14. The lowest BCUT2D eigenvalue weighted by atomic mass is 9.80. The van der Waals surface area contributed by atoms with Gasteiger partial charge >= 0.3 is 17.9 Å². The molecule has 5 N–H and O–H groups in total. The summed E-state index contributed by atoms with van der Waals surface area (Å²) in [5.74, 6) is -5.27. The Morgan fingerprint density at radius 3 is 1.62 bits per heavy atom. The molecule has 2 atom stereocenters. The largest absolute Gasteiger partial charge is 0.496 e. The van der Waals surface area contributed by atoms with Gasteiger partial charge in [-0.3, -0.25) is 14.4 Å². The van der Waals surface area contributed by atoms with Crippen LogP contribution in [0.5, 0.6) is 11.5 Å². The molecule has 240 valence electrons. The number of aliphatic carboxylic acids is 3. The number of carboxylic acid groups (broad SMARTS) is 3. The number of carbonyl (C=O) groups is 3. The van der Waals surface area contributed by atoms with Crippen LogP contribution in [-0.4, -0.2) is 67.4 Å². The number of pyridine rings is 2. The molecule has 4 aromatic heterocycles. The number of carboxylic acids is 3. The van der Waals surface area contributed by atoms with Crippen molar-refractivity contribution >= 4 is 40.0 Å². The van der Waals surface area contributed by atoms with Crippen LogP contribution in [0.2, 0.25) is 0 Å². The van der Waals surface area contributed by atoms with E-state index in [9.17, 15) is 29.7 Å². The van der Waals surface area contributed by atoms with Crippen molar-refractivity contribution in [2.24, 2.45) is 5.92 Å². The molecule has 0 aliphatic heterocycles. The fourth-order valence-electron chi connectivity index (χ4n) is 5.83. The van der Waals surface area contributed by atoms with E-state index in [0.29, 0.717) is 39.3 Å². The topological polar surface area (TPSA) is 188 Å². The van der Waals surface area contributed by atoms with E-state index in [-0.39, 0.29) is 12.3 Å². The van der Waals surface area contributed by atoms with Gasteiger partial charge in [-0.2, -0.15) is 0 Å². The third-order valence-corrected chi connectivity index (χ3v) is 7.89. The Hall–Kier alpha value is -6.17. The van der Waals surface area contributed by atoms with Crippen molar-refractivity contribution < 1.29 is 39.2 Å². The van der Waals surface area contributed by atoms with E-state index in [1.165, 1.54) is 7.11 Å². The Kier molecular flexibility index (Phi) is 9.80. The van der Waals surface area contributed by atoms with Crippen LogP contribution in [-0.2, 0) is 14.4 Å². The lowest BCUT2D eigenvalue weighted by Gasteiger charge is -2.21. The standard InChI is InChI=1S/C18H16N2O5.C17H16N2O3/c1-25-12-7-8-19-16-14(12)11(9-20-16)13(10-5-3-2-4-6-10)15(17(21)22)18(23)24;1-22-14-7-8-18-17-16(14)13(10-19-17)12(9-15(20)21)11-5-3-2-4-6-11/h2-9,13,15H,1H3,(H,19,20)(H,21,22)(H,23,24);2-8,10,12H,9H2,1H3,(H,18,19)(H,20,21). The van der Waals surface area contributed by atoms with E-state index in [4.69, 9.17) is 9.47 Å². The van der Waals surface area contributed by atoms with Crippen LogP contribution in [0, 0.1) is 5.92 Å². The fourth-order valence-corrected chi connectivity index (χ4v) is 5.83. The first-order valence-corrected chi connectivity index (χ1v) is 14.5.